The largest absolute Gasteiger partial charge is 0.366 e. The molecule has 4 rings (SSSR count). The van der Waals surface area contributed by atoms with Crippen LogP contribution in [0.4, 0.5) is 8.78 Å². The summed E-state index contributed by atoms with van der Waals surface area (Å²) in [5.41, 5.74) is 0.246. The molecular weight excluding hydrogens is 348 g/mol. The molecule has 0 spiro atoms. The number of halogens is 2. The van der Waals surface area contributed by atoms with Crippen LogP contribution in [0.25, 0.3) is 11.0 Å². The molecule has 1 aliphatic rings. The molecule has 0 fully saturated rings. The van der Waals surface area contributed by atoms with E-state index in [2.05, 4.69) is 9.97 Å². The normalized spacial score (nSPS) is 13.6. The number of imide groups is 1. The minimum absolute atomic E-state index is 0.0376. The molecule has 2 aromatic carbocycles. The molecule has 7 nitrogen and oxygen atoms in total. The zero-order valence-electron chi connectivity index (χ0n) is 12.9. The number of aromatic amines is 1. The van der Waals surface area contributed by atoms with Crippen LogP contribution in [0.3, 0.4) is 0 Å². The fourth-order valence-corrected chi connectivity index (χ4v) is 2.70. The number of amides is 2. The number of para-hydroxylation sites is 1. The maximum atomic E-state index is 12.8. The van der Waals surface area contributed by atoms with E-state index in [0.29, 0.717) is 5.06 Å². The van der Waals surface area contributed by atoms with E-state index < -0.39 is 30.0 Å². The Morgan fingerprint density at radius 1 is 1.04 bits per heavy atom. The Morgan fingerprint density at radius 2 is 1.69 bits per heavy atom. The number of H-pyrrole nitrogens is 1. The second-order valence-corrected chi connectivity index (χ2v) is 5.45. The van der Waals surface area contributed by atoms with Gasteiger partial charge in [-0.15, -0.1) is 0 Å². The van der Waals surface area contributed by atoms with Gasteiger partial charge in [0.1, 0.15) is 5.52 Å². The molecule has 0 atom stereocenters. The van der Waals surface area contributed by atoms with Crippen molar-refractivity contribution in [3.63, 3.8) is 0 Å². The lowest BCUT2D eigenvalue weighted by molar-refractivity contribution is -0.0583. The van der Waals surface area contributed by atoms with Gasteiger partial charge in [-0.2, -0.15) is 0 Å². The van der Waals surface area contributed by atoms with Crippen molar-refractivity contribution in [3.8, 4) is 0 Å². The number of hydrogen-bond acceptors (Lipinski definition) is 5. The lowest BCUT2D eigenvalue weighted by atomic mass is 10.1. The molecule has 2 amide bonds. The number of hydrogen-bond donors (Lipinski definition) is 1. The van der Waals surface area contributed by atoms with Gasteiger partial charge in [-0.25, -0.2) is 18.6 Å². The molecule has 1 aromatic heterocycles. The van der Waals surface area contributed by atoms with Gasteiger partial charge in [-0.3, -0.25) is 9.59 Å². The van der Waals surface area contributed by atoms with Gasteiger partial charge >= 0.3 is 5.97 Å². The number of hydroxylamine groups is 2. The summed E-state index contributed by atoms with van der Waals surface area (Å²) < 4.78 is 25.6. The number of nitrogens with zero attached hydrogens (tertiary/aromatic N) is 2. The van der Waals surface area contributed by atoms with E-state index in [1.807, 2.05) is 0 Å². The standard InChI is InChI=1S/C17H9F2N3O4/c18-13(19)14-20-11-7-3-6-10(12(11)21-14)17(25)26-22-15(23)8-4-1-2-5-9(8)16(22)24/h1-7,13H,(H,20,21). The van der Waals surface area contributed by atoms with Crippen LogP contribution in [0.5, 0.6) is 0 Å². The molecule has 0 aliphatic carbocycles. The first-order chi connectivity index (χ1) is 12.5. The third-order valence-electron chi connectivity index (χ3n) is 3.89. The van der Waals surface area contributed by atoms with E-state index in [4.69, 9.17) is 4.84 Å². The zero-order valence-corrected chi connectivity index (χ0v) is 12.9. The van der Waals surface area contributed by atoms with Crippen LogP contribution in [0, 0.1) is 0 Å². The van der Waals surface area contributed by atoms with E-state index in [0.717, 1.165) is 0 Å². The summed E-state index contributed by atoms with van der Waals surface area (Å²) in [7, 11) is 0. The van der Waals surface area contributed by atoms with Crippen molar-refractivity contribution in [1.29, 1.82) is 0 Å². The fourth-order valence-electron chi connectivity index (χ4n) is 2.70. The van der Waals surface area contributed by atoms with Gasteiger partial charge in [0, 0.05) is 0 Å². The third-order valence-corrected chi connectivity index (χ3v) is 3.89. The monoisotopic (exact) mass is 357 g/mol. The average Bonchev–Trinajstić information content (AvgIpc) is 3.18. The molecule has 0 radical (unpaired) electrons. The van der Waals surface area contributed by atoms with Crippen molar-refractivity contribution in [2.45, 2.75) is 6.43 Å². The van der Waals surface area contributed by atoms with Gasteiger partial charge in [0.2, 0.25) is 0 Å². The van der Waals surface area contributed by atoms with Crippen molar-refractivity contribution < 1.29 is 28.0 Å². The number of imidazole rings is 1. The van der Waals surface area contributed by atoms with Gasteiger partial charge in [0.05, 0.1) is 22.2 Å². The predicted octanol–water partition coefficient (Wildman–Crippen LogP) is 2.87. The van der Waals surface area contributed by atoms with Crippen molar-refractivity contribution >= 4 is 28.8 Å². The summed E-state index contributed by atoms with van der Waals surface area (Å²) in [6.07, 6.45) is -2.84. The maximum absolute atomic E-state index is 12.8. The fraction of sp³-hybridized carbons (Fsp3) is 0.0588. The summed E-state index contributed by atoms with van der Waals surface area (Å²) in [6.45, 7) is 0. The molecule has 0 saturated heterocycles. The smallest absolute Gasteiger partial charge is 0.337 e. The van der Waals surface area contributed by atoms with Gasteiger partial charge in [-0.05, 0) is 24.3 Å². The van der Waals surface area contributed by atoms with E-state index in [1.165, 1.54) is 30.3 Å². The summed E-state index contributed by atoms with van der Waals surface area (Å²) in [5.74, 6) is -3.21. The van der Waals surface area contributed by atoms with Crippen LogP contribution in [0.15, 0.2) is 42.5 Å². The van der Waals surface area contributed by atoms with Crippen molar-refractivity contribution in [2.24, 2.45) is 0 Å². The number of nitrogens with one attached hydrogen (secondary N) is 1. The molecule has 0 saturated carbocycles. The SMILES string of the molecule is O=C(ON1C(=O)c2ccccc2C1=O)c1cccc2[nH]c(C(F)F)nc12. The van der Waals surface area contributed by atoms with E-state index in [-0.39, 0.29) is 27.7 Å². The van der Waals surface area contributed by atoms with E-state index in [9.17, 15) is 23.2 Å². The Labute approximate surface area is 144 Å². The van der Waals surface area contributed by atoms with Crippen LogP contribution in [0.1, 0.15) is 43.3 Å². The van der Waals surface area contributed by atoms with Crippen LogP contribution in [0.2, 0.25) is 0 Å². The van der Waals surface area contributed by atoms with Gasteiger partial charge in [0.25, 0.3) is 18.2 Å². The summed E-state index contributed by atoms with van der Waals surface area (Å²) >= 11 is 0. The molecule has 26 heavy (non-hydrogen) atoms. The number of rotatable bonds is 3. The summed E-state index contributed by atoms with van der Waals surface area (Å²) in [6, 6.07) is 10.2. The Balaban J connectivity index is 1.67. The van der Waals surface area contributed by atoms with Crippen molar-refractivity contribution in [1.82, 2.24) is 15.0 Å². The molecule has 1 aliphatic heterocycles. The average molecular weight is 357 g/mol. The second-order valence-electron chi connectivity index (χ2n) is 5.45. The van der Waals surface area contributed by atoms with Crippen LogP contribution in [-0.2, 0) is 4.84 Å². The van der Waals surface area contributed by atoms with Crippen molar-refractivity contribution in [2.75, 3.05) is 0 Å². The zero-order chi connectivity index (χ0) is 18.4. The second kappa shape index (κ2) is 5.73. The Bertz CT molecular complexity index is 1040. The highest BCUT2D eigenvalue weighted by Crippen LogP contribution is 2.26. The van der Waals surface area contributed by atoms with Crippen molar-refractivity contribution in [3.05, 3.63) is 65.0 Å². The minimum atomic E-state index is -2.84. The highest BCUT2D eigenvalue weighted by atomic mass is 19.3. The number of carbonyl (C=O) groups is 3. The Hall–Kier alpha value is -3.62. The number of alkyl halides is 2. The molecule has 3 aromatic rings. The molecule has 0 unspecified atom stereocenters. The van der Waals surface area contributed by atoms with E-state index >= 15 is 0 Å². The lowest BCUT2D eigenvalue weighted by Gasteiger charge is -2.12. The summed E-state index contributed by atoms with van der Waals surface area (Å²) in [4.78, 5) is 47.9. The number of aromatic nitrogens is 2. The maximum Gasteiger partial charge on any atom is 0.366 e. The number of benzene rings is 2. The van der Waals surface area contributed by atoms with Gasteiger partial charge in [-0.1, -0.05) is 23.3 Å². The van der Waals surface area contributed by atoms with Crippen LogP contribution >= 0.6 is 0 Å². The first-order valence-electron chi connectivity index (χ1n) is 7.44. The van der Waals surface area contributed by atoms with Gasteiger partial charge < -0.3 is 9.82 Å². The summed E-state index contributed by atoms with van der Waals surface area (Å²) in [5, 5.41) is 0.354. The Kier molecular flexibility index (Phi) is 3.50. The highest BCUT2D eigenvalue weighted by molar-refractivity contribution is 6.21. The van der Waals surface area contributed by atoms with Crippen LogP contribution < -0.4 is 0 Å². The lowest BCUT2D eigenvalue weighted by Crippen LogP contribution is -2.32. The number of carbonyl (C=O) groups excluding carboxylic acids is 3. The molecule has 1 N–H and O–H groups in total. The molecule has 130 valence electrons. The first-order valence-corrected chi connectivity index (χ1v) is 7.44. The third kappa shape index (κ3) is 2.32. The minimum Gasteiger partial charge on any atom is -0.337 e. The molecular formula is C17H9F2N3O4. The molecule has 0 bridgehead atoms. The van der Waals surface area contributed by atoms with Crippen LogP contribution in [-0.4, -0.2) is 32.8 Å². The van der Waals surface area contributed by atoms with E-state index in [1.54, 1.807) is 12.1 Å². The Morgan fingerprint density at radius 3 is 2.31 bits per heavy atom. The predicted molar refractivity (Wildman–Crippen MR) is 83.4 cm³/mol. The molecule has 9 heteroatoms. The first kappa shape index (κ1) is 15.9. The van der Waals surface area contributed by atoms with Gasteiger partial charge in [0.15, 0.2) is 5.82 Å². The topological polar surface area (TPSA) is 92.4 Å². The molecule has 2 heterocycles. The highest BCUT2D eigenvalue weighted by Gasteiger charge is 2.39. The number of fused-ring (bicyclic) bond motifs is 2. The quantitative estimate of drug-likeness (QED) is 0.728.